The van der Waals surface area contributed by atoms with E-state index in [1.54, 1.807) is 4.90 Å². The van der Waals surface area contributed by atoms with Gasteiger partial charge in [0.25, 0.3) is 5.91 Å². The summed E-state index contributed by atoms with van der Waals surface area (Å²) in [5, 5.41) is 0. The van der Waals surface area contributed by atoms with Crippen LogP contribution in [0.25, 0.3) is 0 Å². The zero-order valence-corrected chi connectivity index (χ0v) is 9.99. The number of hydrogen-bond donors (Lipinski definition) is 0. The molecule has 0 aromatic heterocycles. The predicted molar refractivity (Wildman–Crippen MR) is 62.3 cm³/mol. The molecule has 0 saturated carbocycles. The van der Waals surface area contributed by atoms with Crippen molar-refractivity contribution in [2.24, 2.45) is 0 Å². The number of nitrogens with zero attached hydrogens (tertiary/aromatic N) is 1. The van der Waals surface area contributed by atoms with Crippen LogP contribution in [0.3, 0.4) is 0 Å². The second-order valence-corrected chi connectivity index (χ2v) is 4.56. The molecule has 0 N–H and O–H groups in total. The maximum absolute atomic E-state index is 11.7. The Bertz CT molecular complexity index is 370. The monoisotopic (exact) mass is 259 g/mol. The van der Waals surface area contributed by atoms with Crippen molar-refractivity contribution in [2.75, 3.05) is 13.2 Å². The van der Waals surface area contributed by atoms with E-state index in [4.69, 9.17) is 27.9 Å². The molecule has 1 atom stereocenters. The standard InChI is InChI=1S/C11H11Cl2NO2/c12-9(13)10(15)14-6-7-16-11(14)8-4-2-1-3-5-8/h1-5,9,11H,6-7H2/t11-/m0/s1. The van der Waals surface area contributed by atoms with Gasteiger partial charge in [-0.1, -0.05) is 53.5 Å². The number of benzene rings is 1. The lowest BCUT2D eigenvalue weighted by Crippen LogP contribution is -2.34. The van der Waals surface area contributed by atoms with Crippen LogP contribution in [-0.2, 0) is 9.53 Å². The second kappa shape index (κ2) is 5.04. The summed E-state index contributed by atoms with van der Waals surface area (Å²) in [7, 11) is 0. The first-order valence-electron chi connectivity index (χ1n) is 4.95. The van der Waals surface area contributed by atoms with Gasteiger partial charge in [0.15, 0.2) is 11.1 Å². The number of hydrogen-bond acceptors (Lipinski definition) is 2. The molecule has 0 unspecified atom stereocenters. The Morgan fingerprint density at radius 1 is 1.38 bits per heavy atom. The molecule has 0 aliphatic carbocycles. The highest BCUT2D eigenvalue weighted by atomic mass is 35.5. The maximum Gasteiger partial charge on any atom is 0.258 e. The van der Waals surface area contributed by atoms with Gasteiger partial charge >= 0.3 is 0 Å². The zero-order valence-electron chi connectivity index (χ0n) is 8.48. The topological polar surface area (TPSA) is 29.5 Å². The Hall–Kier alpha value is -0.770. The Morgan fingerprint density at radius 2 is 2.06 bits per heavy atom. The van der Waals surface area contributed by atoms with E-state index in [2.05, 4.69) is 0 Å². The van der Waals surface area contributed by atoms with Crippen LogP contribution in [0.2, 0.25) is 0 Å². The number of carbonyl (C=O) groups excluding carboxylic acids is 1. The molecule has 0 radical (unpaired) electrons. The van der Waals surface area contributed by atoms with E-state index in [-0.39, 0.29) is 12.1 Å². The van der Waals surface area contributed by atoms with Crippen molar-refractivity contribution in [3.63, 3.8) is 0 Å². The van der Waals surface area contributed by atoms with E-state index in [1.165, 1.54) is 0 Å². The predicted octanol–water partition coefficient (Wildman–Crippen LogP) is 2.35. The number of carbonyl (C=O) groups is 1. The Morgan fingerprint density at radius 3 is 2.69 bits per heavy atom. The Labute approximate surface area is 104 Å². The molecular formula is C11H11Cl2NO2. The average Bonchev–Trinajstić information content (AvgIpc) is 2.77. The molecule has 1 aromatic carbocycles. The lowest BCUT2D eigenvalue weighted by molar-refractivity contribution is -0.134. The molecule has 86 valence electrons. The van der Waals surface area contributed by atoms with Gasteiger partial charge in [-0.2, -0.15) is 0 Å². The van der Waals surface area contributed by atoms with Crippen molar-refractivity contribution >= 4 is 29.1 Å². The quantitative estimate of drug-likeness (QED) is 0.764. The van der Waals surface area contributed by atoms with Crippen molar-refractivity contribution in [3.05, 3.63) is 35.9 Å². The fourth-order valence-corrected chi connectivity index (χ4v) is 1.97. The fourth-order valence-electron chi connectivity index (χ4n) is 1.71. The maximum atomic E-state index is 11.7. The van der Waals surface area contributed by atoms with E-state index < -0.39 is 4.84 Å². The molecule has 1 amide bonds. The van der Waals surface area contributed by atoms with Crippen molar-refractivity contribution in [2.45, 2.75) is 11.1 Å². The van der Waals surface area contributed by atoms with Gasteiger partial charge in [0.2, 0.25) is 0 Å². The second-order valence-electron chi connectivity index (χ2n) is 3.47. The van der Waals surface area contributed by atoms with Crippen molar-refractivity contribution < 1.29 is 9.53 Å². The first kappa shape index (κ1) is 11.7. The summed E-state index contributed by atoms with van der Waals surface area (Å²) in [6.45, 7) is 1.03. The fraction of sp³-hybridized carbons (Fsp3) is 0.364. The van der Waals surface area contributed by atoms with Crippen LogP contribution in [0, 0.1) is 0 Å². The summed E-state index contributed by atoms with van der Waals surface area (Å²) in [6.07, 6.45) is -0.367. The normalized spacial score (nSPS) is 20.4. The van der Waals surface area contributed by atoms with Crippen molar-refractivity contribution in [3.8, 4) is 0 Å². The zero-order chi connectivity index (χ0) is 11.5. The molecule has 1 aliphatic rings. The summed E-state index contributed by atoms with van der Waals surface area (Å²) in [5.41, 5.74) is 0.933. The Kier molecular flexibility index (Phi) is 3.69. The van der Waals surface area contributed by atoms with Crippen LogP contribution in [0.15, 0.2) is 30.3 Å². The first-order valence-corrected chi connectivity index (χ1v) is 5.82. The molecular weight excluding hydrogens is 249 g/mol. The lowest BCUT2D eigenvalue weighted by Gasteiger charge is -2.23. The largest absolute Gasteiger partial charge is 0.352 e. The number of alkyl halides is 2. The van der Waals surface area contributed by atoms with Crippen LogP contribution >= 0.6 is 23.2 Å². The minimum atomic E-state index is -1.03. The van der Waals surface area contributed by atoms with E-state index >= 15 is 0 Å². The molecule has 0 spiro atoms. The van der Waals surface area contributed by atoms with Gasteiger partial charge in [0, 0.05) is 12.1 Å². The average molecular weight is 260 g/mol. The van der Waals surface area contributed by atoms with Gasteiger partial charge in [-0.3, -0.25) is 4.79 Å². The third-order valence-electron chi connectivity index (χ3n) is 2.45. The van der Waals surface area contributed by atoms with Crippen LogP contribution in [0.1, 0.15) is 11.8 Å². The van der Waals surface area contributed by atoms with Gasteiger partial charge in [0.05, 0.1) is 6.61 Å². The molecule has 2 rings (SSSR count). The highest BCUT2D eigenvalue weighted by Gasteiger charge is 2.33. The first-order chi connectivity index (χ1) is 7.70. The van der Waals surface area contributed by atoms with Crippen molar-refractivity contribution in [1.29, 1.82) is 0 Å². The van der Waals surface area contributed by atoms with E-state index in [0.717, 1.165) is 5.56 Å². The smallest absolute Gasteiger partial charge is 0.258 e. The highest BCUT2D eigenvalue weighted by Crippen LogP contribution is 2.28. The summed E-state index contributed by atoms with van der Waals surface area (Å²) >= 11 is 11.2. The van der Waals surface area contributed by atoms with Gasteiger partial charge in [-0.15, -0.1) is 0 Å². The molecule has 1 saturated heterocycles. The minimum Gasteiger partial charge on any atom is -0.352 e. The van der Waals surface area contributed by atoms with Gasteiger partial charge in [-0.05, 0) is 0 Å². The Balaban J connectivity index is 2.19. The number of halogens is 2. The number of ether oxygens (including phenoxy) is 1. The van der Waals surface area contributed by atoms with Crippen LogP contribution in [-0.4, -0.2) is 28.8 Å². The van der Waals surface area contributed by atoms with Crippen LogP contribution < -0.4 is 0 Å². The summed E-state index contributed by atoms with van der Waals surface area (Å²) < 4.78 is 5.51. The number of rotatable bonds is 2. The third kappa shape index (κ3) is 2.32. The summed E-state index contributed by atoms with van der Waals surface area (Å²) in [6, 6.07) is 9.54. The molecule has 5 heteroatoms. The van der Waals surface area contributed by atoms with Gasteiger partial charge in [-0.25, -0.2) is 0 Å². The lowest BCUT2D eigenvalue weighted by atomic mass is 10.2. The molecule has 3 nitrogen and oxygen atoms in total. The molecule has 1 aliphatic heterocycles. The molecule has 1 heterocycles. The molecule has 0 bridgehead atoms. The molecule has 1 fully saturated rings. The van der Waals surface area contributed by atoms with Crippen molar-refractivity contribution in [1.82, 2.24) is 4.90 Å². The van der Waals surface area contributed by atoms with Gasteiger partial charge < -0.3 is 9.64 Å². The van der Waals surface area contributed by atoms with E-state index in [9.17, 15) is 4.79 Å². The van der Waals surface area contributed by atoms with E-state index in [0.29, 0.717) is 13.2 Å². The third-order valence-corrected chi connectivity index (χ3v) is 2.82. The van der Waals surface area contributed by atoms with Crippen LogP contribution in [0.4, 0.5) is 0 Å². The SMILES string of the molecule is O=C(C(Cl)Cl)N1CCO[C@H]1c1ccccc1. The number of amides is 1. The minimum absolute atomic E-state index is 0.310. The summed E-state index contributed by atoms with van der Waals surface area (Å²) in [4.78, 5) is 12.2. The highest BCUT2D eigenvalue weighted by molar-refractivity contribution is 6.53. The molecule has 1 aromatic rings. The molecule has 16 heavy (non-hydrogen) atoms. The van der Waals surface area contributed by atoms with Crippen LogP contribution in [0.5, 0.6) is 0 Å². The van der Waals surface area contributed by atoms with Gasteiger partial charge in [0.1, 0.15) is 0 Å². The summed E-state index contributed by atoms with van der Waals surface area (Å²) in [5.74, 6) is -0.310. The van der Waals surface area contributed by atoms with E-state index in [1.807, 2.05) is 30.3 Å².